The minimum Gasteiger partial charge on any atom is -0.493 e. The highest BCUT2D eigenvalue weighted by Gasteiger charge is 2.28. The molecule has 0 radical (unpaired) electrons. The van der Waals surface area contributed by atoms with E-state index in [4.69, 9.17) is 21.7 Å². The second kappa shape index (κ2) is 9.43. The van der Waals surface area contributed by atoms with Crippen LogP contribution < -0.4 is 14.8 Å². The van der Waals surface area contributed by atoms with Gasteiger partial charge in [-0.3, -0.25) is 14.5 Å². The number of rotatable bonds is 6. The number of hydrogen-bond donors (Lipinski definition) is 1. The lowest BCUT2D eigenvalue weighted by molar-refractivity contribution is -0.121. The van der Waals surface area contributed by atoms with E-state index in [1.54, 1.807) is 43.5 Å². The molecular formula is C20H17BrN2O4S2. The summed E-state index contributed by atoms with van der Waals surface area (Å²) in [5.74, 6) is 0.467. The van der Waals surface area contributed by atoms with Gasteiger partial charge in [0.25, 0.3) is 11.8 Å². The highest BCUT2D eigenvalue weighted by atomic mass is 79.9. The topological polar surface area (TPSA) is 67.9 Å². The molecule has 1 fully saturated rings. The molecule has 2 aromatic rings. The van der Waals surface area contributed by atoms with Crippen LogP contribution in [-0.4, -0.2) is 41.8 Å². The average Bonchev–Trinajstić information content (AvgIpc) is 2.95. The summed E-state index contributed by atoms with van der Waals surface area (Å²) in [5, 5.41) is 2.76. The number of halogens is 1. The molecule has 1 heterocycles. The molecule has 29 heavy (non-hydrogen) atoms. The Labute approximate surface area is 186 Å². The predicted molar refractivity (Wildman–Crippen MR) is 122 cm³/mol. The molecule has 0 saturated carbocycles. The summed E-state index contributed by atoms with van der Waals surface area (Å²) in [4.78, 5) is 26.2. The van der Waals surface area contributed by atoms with Crippen LogP contribution in [0.1, 0.15) is 5.56 Å². The molecule has 2 aromatic carbocycles. The molecule has 1 saturated heterocycles. The number of thiocarbonyl (C=S) groups is 1. The van der Waals surface area contributed by atoms with Crippen molar-refractivity contribution in [1.82, 2.24) is 4.90 Å². The predicted octanol–water partition coefficient (Wildman–Crippen LogP) is 4.31. The van der Waals surface area contributed by atoms with Gasteiger partial charge in [0.1, 0.15) is 4.32 Å². The number of likely N-dealkylation sites (N-methyl/N-ethyl adjacent to an activating group) is 1. The Balaban J connectivity index is 1.66. The van der Waals surface area contributed by atoms with E-state index < -0.39 is 0 Å². The molecule has 3 rings (SSSR count). The third-order valence-electron chi connectivity index (χ3n) is 3.96. The van der Waals surface area contributed by atoms with Gasteiger partial charge in [0.05, 0.1) is 12.0 Å². The van der Waals surface area contributed by atoms with E-state index in [0.29, 0.717) is 26.4 Å². The van der Waals surface area contributed by atoms with E-state index >= 15 is 0 Å². The van der Waals surface area contributed by atoms with Crippen LogP contribution in [0.4, 0.5) is 5.69 Å². The summed E-state index contributed by atoms with van der Waals surface area (Å²) < 4.78 is 12.4. The van der Waals surface area contributed by atoms with E-state index in [1.807, 2.05) is 12.1 Å². The van der Waals surface area contributed by atoms with Crippen molar-refractivity contribution in [2.24, 2.45) is 0 Å². The number of nitrogens with zero attached hydrogens (tertiary/aromatic N) is 1. The number of carbonyl (C=O) groups excluding carboxylic acids is 2. The number of carbonyl (C=O) groups is 2. The number of amides is 2. The number of ether oxygens (including phenoxy) is 2. The largest absolute Gasteiger partial charge is 0.493 e. The quantitative estimate of drug-likeness (QED) is 0.478. The van der Waals surface area contributed by atoms with Gasteiger partial charge in [0.2, 0.25) is 0 Å². The van der Waals surface area contributed by atoms with Crippen molar-refractivity contribution in [2.45, 2.75) is 0 Å². The fourth-order valence-corrected chi connectivity index (χ4v) is 3.91. The monoisotopic (exact) mass is 492 g/mol. The molecule has 0 atom stereocenters. The maximum absolute atomic E-state index is 12.1. The first-order chi connectivity index (χ1) is 13.9. The van der Waals surface area contributed by atoms with Crippen LogP contribution in [-0.2, 0) is 9.59 Å². The summed E-state index contributed by atoms with van der Waals surface area (Å²) in [6.45, 7) is -0.166. The van der Waals surface area contributed by atoms with Gasteiger partial charge >= 0.3 is 0 Å². The molecule has 0 spiro atoms. The minimum absolute atomic E-state index is 0.135. The van der Waals surface area contributed by atoms with Crippen LogP contribution in [0.2, 0.25) is 0 Å². The maximum Gasteiger partial charge on any atom is 0.265 e. The second-order valence-electron chi connectivity index (χ2n) is 5.99. The number of nitrogens with one attached hydrogen (secondary N) is 1. The Morgan fingerprint density at radius 1 is 1.24 bits per heavy atom. The number of anilines is 1. The summed E-state index contributed by atoms with van der Waals surface area (Å²) in [6, 6.07) is 12.5. The van der Waals surface area contributed by atoms with Gasteiger partial charge in [0.15, 0.2) is 18.1 Å². The molecular weight excluding hydrogens is 476 g/mol. The molecule has 1 aliphatic rings. The highest BCUT2D eigenvalue weighted by Crippen LogP contribution is 2.34. The van der Waals surface area contributed by atoms with Crippen molar-refractivity contribution >= 4 is 67.8 Å². The van der Waals surface area contributed by atoms with E-state index in [1.165, 1.54) is 23.8 Å². The van der Waals surface area contributed by atoms with Gasteiger partial charge in [-0.05, 0) is 48.0 Å². The molecule has 1 aliphatic heterocycles. The summed E-state index contributed by atoms with van der Waals surface area (Å²) in [5.41, 5.74) is 1.44. The second-order valence-corrected chi connectivity index (χ2v) is 8.59. The Bertz CT molecular complexity index is 992. The minimum atomic E-state index is -0.287. The van der Waals surface area contributed by atoms with E-state index in [2.05, 4.69) is 21.2 Å². The zero-order valence-corrected chi connectivity index (χ0v) is 18.8. The Kier molecular flexibility index (Phi) is 6.94. The molecule has 0 bridgehead atoms. The zero-order chi connectivity index (χ0) is 21.0. The molecule has 150 valence electrons. The Morgan fingerprint density at radius 3 is 2.59 bits per heavy atom. The Hall–Kier alpha value is -2.36. The molecule has 0 aromatic heterocycles. The van der Waals surface area contributed by atoms with Crippen molar-refractivity contribution in [3.05, 3.63) is 57.4 Å². The van der Waals surface area contributed by atoms with Crippen molar-refractivity contribution in [2.75, 3.05) is 26.1 Å². The van der Waals surface area contributed by atoms with Crippen molar-refractivity contribution in [3.63, 3.8) is 0 Å². The normalized spacial score (nSPS) is 15.0. The van der Waals surface area contributed by atoms with Gasteiger partial charge in [-0.15, -0.1) is 0 Å². The van der Waals surface area contributed by atoms with Crippen LogP contribution in [0.3, 0.4) is 0 Å². The van der Waals surface area contributed by atoms with Gasteiger partial charge in [-0.25, -0.2) is 0 Å². The van der Waals surface area contributed by atoms with Crippen molar-refractivity contribution in [3.8, 4) is 11.5 Å². The van der Waals surface area contributed by atoms with Gasteiger partial charge < -0.3 is 14.8 Å². The summed E-state index contributed by atoms with van der Waals surface area (Å²) >= 11 is 9.73. The third-order valence-corrected chi connectivity index (χ3v) is 5.97. The average molecular weight is 493 g/mol. The number of methoxy groups -OCH3 is 1. The first-order valence-electron chi connectivity index (χ1n) is 8.45. The highest BCUT2D eigenvalue weighted by molar-refractivity contribution is 9.10. The van der Waals surface area contributed by atoms with Gasteiger partial charge in [-0.1, -0.05) is 46.0 Å². The molecule has 6 nitrogen and oxygen atoms in total. The fourth-order valence-electron chi connectivity index (χ4n) is 2.46. The van der Waals surface area contributed by atoms with Crippen LogP contribution in [0.15, 0.2) is 51.8 Å². The first-order valence-corrected chi connectivity index (χ1v) is 10.5. The molecule has 0 aliphatic carbocycles. The lowest BCUT2D eigenvalue weighted by Crippen LogP contribution is -2.22. The lowest BCUT2D eigenvalue weighted by atomic mass is 10.2. The van der Waals surface area contributed by atoms with E-state index in [9.17, 15) is 9.59 Å². The SMILES string of the molecule is COc1cc(/C=C2\SC(=S)N(C)C2=O)ccc1OCC(=O)Nc1ccc(Br)cc1. The third kappa shape index (κ3) is 5.37. The molecule has 0 unspecified atom stereocenters. The number of benzene rings is 2. The summed E-state index contributed by atoms with van der Waals surface area (Å²) in [7, 11) is 3.16. The van der Waals surface area contributed by atoms with Crippen molar-refractivity contribution < 1.29 is 19.1 Å². The zero-order valence-electron chi connectivity index (χ0n) is 15.6. The fraction of sp³-hybridized carbons (Fsp3) is 0.150. The van der Waals surface area contributed by atoms with Crippen molar-refractivity contribution in [1.29, 1.82) is 0 Å². The van der Waals surface area contributed by atoms with E-state index in [0.717, 1.165) is 10.0 Å². The van der Waals surface area contributed by atoms with Crippen LogP contribution in [0.5, 0.6) is 11.5 Å². The lowest BCUT2D eigenvalue weighted by Gasteiger charge is -2.12. The molecule has 9 heteroatoms. The summed E-state index contributed by atoms with van der Waals surface area (Å²) in [6.07, 6.45) is 1.75. The van der Waals surface area contributed by atoms with Crippen LogP contribution in [0, 0.1) is 0 Å². The van der Waals surface area contributed by atoms with Crippen LogP contribution >= 0.6 is 39.9 Å². The van der Waals surface area contributed by atoms with Gasteiger partial charge in [0, 0.05) is 17.2 Å². The van der Waals surface area contributed by atoms with Gasteiger partial charge in [-0.2, -0.15) is 0 Å². The molecule has 1 N–H and O–H groups in total. The Morgan fingerprint density at radius 2 is 1.97 bits per heavy atom. The van der Waals surface area contributed by atoms with Crippen LogP contribution in [0.25, 0.3) is 6.08 Å². The number of thioether (sulfide) groups is 1. The smallest absolute Gasteiger partial charge is 0.265 e. The first kappa shape index (κ1) is 21.4. The number of hydrogen-bond acceptors (Lipinski definition) is 6. The van der Waals surface area contributed by atoms with E-state index in [-0.39, 0.29) is 18.4 Å². The standard InChI is InChI=1S/C20H17BrN2O4S2/c1-23-19(25)17(29-20(23)28)10-12-3-8-15(16(9-12)26-2)27-11-18(24)22-14-6-4-13(21)5-7-14/h3-10H,11H2,1-2H3,(H,22,24)/b17-10-. The molecule has 2 amide bonds. The maximum atomic E-state index is 12.1.